The lowest BCUT2D eigenvalue weighted by atomic mass is 9.66. The van der Waals surface area contributed by atoms with E-state index in [0.717, 1.165) is 48.9 Å². The number of halogens is 1. The van der Waals surface area contributed by atoms with E-state index >= 15 is 0 Å². The molecule has 1 N–H and O–H groups in total. The number of hydrogen-bond acceptors (Lipinski definition) is 6. The molecule has 1 heterocycles. The molecule has 3 atom stereocenters. The molecule has 0 saturated heterocycles. The lowest BCUT2D eigenvalue weighted by Gasteiger charge is -2.38. The molecule has 0 aromatic heterocycles. The molecule has 0 spiro atoms. The van der Waals surface area contributed by atoms with Crippen molar-refractivity contribution in [1.29, 1.82) is 0 Å². The van der Waals surface area contributed by atoms with E-state index in [2.05, 4.69) is 28.1 Å². The van der Waals surface area contributed by atoms with Gasteiger partial charge in [0.2, 0.25) is 0 Å². The molecular formula is C31H34BrNO5. The molecule has 0 bridgehead atoms. The summed E-state index contributed by atoms with van der Waals surface area (Å²) in [5, 5.41) is 10.6. The number of aliphatic imine (C=N–C) groups is 1. The number of ketones is 1. The number of carbonyl (C=O) groups is 2. The molecular weight excluding hydrogens is 546 g/mol. The number of rotatable bonds is 6. The number of benzene rings is 2. The number of carbonyl (C=O) groups excluding carboxylic acids is 2. The van der Waals surface area contributed by atoms with Gasteiger partial charge in [-0.15, -0.1) is 0 Å². The Bertz CT molecular complexity index is 1280. The van der Waals surface area contributed by atoms with Crippen molar-refractivity contribution in [2.75, 3.05) is 6.61 Å². The molecule has 2 aromatic carbocycles. The van der Waals surface area contributed by atoms with E-state index < -0.39 is 17.8 Å². The number of aromatic hydroxyl groups is 1. The number of allylic oxidation sites excluding steroid dienone is 1. The second-order valence-electron chi connectivity index (χ2n) is 10.5. The van der Waals surface area contributed by atoms with Crippen LogP contribution in [-0.2, 0) is 14.3 Å². The van der Waals surface area contributed by atoms with E-state index in [1.165, 1.54) is 0 Å². The van der Waals surface area contributed by atoms with Crippen LogP contribution in [0, 0.1) is 5.92 Å². The third-order valence-corrected chi connectivity index (χ3v) is 8.59. The Morgan fingerprint density at radius 1 is 1.05 bits per heavy atom. The average molecular weight is 581 g/mol. The van der Waals surface area contributed by atoms with Crippen molar-refractivity contribution in [3.63, 3.8) is 0 Å². The summed E-state index contributed by atoms with van der Waals surface area (Å²) in [7, 11) is 0. The Balaban J connectivity index is 1.58. The van der Waals surface area contributed by atoms with E-state index in [-0.39, 0.29) is 23.6 Å². The highest BCUT2D eigenvalue weighted by Gasteiger charge is 2.46. The molecule has 7 heteroatoms. The van der Waals surface area contributed by atoms with Crippen molar-refractivity contribution in [3.05, 3.63) is 69.3 Å². The van der Waals surface area contributed by atoms with Gasteiger partial charge in [-0.25, -0.2) is 4.79 Å². The highest BCUT2D eigenvalue weighted by Crippen LogP contribution is 2.48. The molecule has 200 valence electrons. The lowest BCUT2D eigenvalue weighted by molar-refractivity contribution is -0.146. The monoisotopic (exact) mass is 579 g/mol. The first-order valence-corrected chi connectivity index (χ1v) is 14.4. The fourth-order valence-corrected chi connectivity index (χ4v) is 6.66. The fraction of sp³-hybridized carbons (Fsp3) is 0.452. The Morgan fingerprint density at radius 3 is 2.50 bits per heavy atom. The van der Waals surface area contributed by atoms with Crippen LogP contribution in [0.25, 0.3) is 0 Å². The molecule has 2 aromatic rings. The lowest BCUT2D eigenvalue weighted by Crippen LogP contribution is -2.41. The minimum absolute atomic E-state index is 0.00792. The van der Waals surface area contributed by atoms with E-state index in [4.69, 9.17) is 14.5 Å². The minimum atomic E-state index is -0.571. The van der Waals surface area contributed by atoms with Gasteiger partial charge in [0.15, 0.2) is 11.5 Å². The van der Waals surface area contributed by atoms with Crippen LogP contribution in [0.2, 0.25) is 0 Å². The van der Waals surface area contributed by atoms with Crippen molar-refractivity contribution in [1.82, 2.24) is 0 Å². The maximum Gasteiger partial charge on any atom is 0.336 e. The molecule has 2 saturated carbocycles. The number of hydrogen-bond donors (Lipinski definition) is 1. The van der Waals surface area contributed by atoms with Crippen LogP contribution in [0.1, 0.15) is 81.8 Å². The molecule has 0 amide bonds. The topological polar surface area (TPSA) is 85.2 Å². The van der Waals surface area contributed by atoms with Crippen molar-refractivity contribution >= 4 is 33.4 Å². The summed E-state index contributed by atoms with van der Waals surface area (Å²) in [6.07, 6.45) is 5.89. The van der Waals surface area contributed by atoms with Gasteiger partial charge in [-0.2, -0.15) is 0 Å². The summed E-state index contributed by atoms with van der Waals surface area (Å²) in [6.45, 7) is 4.05. The first-order valence-electron chi connectivity index (χ1n) is 13.6. The molecule has 0 radical (unpaired) electrons. The number of esters is 1. The zero-order valence-corrected chi connectivity index (χ0v) is 23.5. The zero-order chi connectivity index (χ0) is 26.8. The highest BCUT2D eigenvalue weighted by molar-refractivity contribution is 9.10. The molecule has 2 fully saturated rings. The molecule has 2 aliphatic carbocycles. The van der Waals surface area contributed by atoms with Crippen LogP contribution >= 0.6 is 15.9 Å². The molecule has 1 aliphatic heterocycles. The molecule has 3 aliphatic rings. The largest absolute Gasteiger partial charge is 0.503 e. The molecule has 1 unspecified atom stereocenters. The van der Waals surface area contributed by atoms with Crippen LogP contribution < -0.4 is 4.74 Å². The Labute approximate surface area is 232 Å². The van der Waals surface area contributed by atoms with Gasteiger partial charge in [0.05, 0.1) is 22.6 Å². The van der Waals surface area contributed by atoms with Crippen LogP contribution in [0.5, 0.6) is 11.5 Å². The van der Waals surface area contributed by atoms with E-state index in [1.54, 1.807) is 12.1 Å². The van der Waals surface area contributed by atoms with E-state index in [0.29, 0.717) is 40.9 Å². The quantitative estimate of drug-likeness (QED) is 0.372. The first kappa shape index (κ1) is 26.7. The summed E-state index contributed by atoms with van der Waals surface area (Å²) in [5.74, 6) is -1.13. The summed E-state index contributed by atoms with van der Waals surface area (Å²) in [6, 6.07) is 13.6. The van der Waals surface area contributed by atoms with Gasteiger partial charge in [0.1, 0.15) is 11.9 Å². The van der Waals surface area contributed by atoms with Gasteiger partial charge >= 0.3 is 5.97 Å². The minimum Gasteiger partial charge on any atom is -0.503 e. The molecule has 6 nitrogen and oxygen atoms in total. The Hall–Kier alpha value is -2.93. The van der Waals surface area contributed by atoms with E-state index in [1.807, 2.05) is 32.0 Å². The van der Waals surface area contributed by atoms with Gasteiger partial charge in [-0.1, -0.05) is 36.8 Å². The standard InChI is InChI=1S/C31H34BrNO5/c1-3-37-26-17-21(14-23(32)30(26)35)28-27(31(36)38-22-12-8-5-9-13-22)18(2)33-24-15-20(16-25(34)29(24)28)19-10-6-4-7-11-19/h4,6-7,10-11,14,17,20,22,28-29,35H,3,5,8-9,12-13,15-16H2,1-2H3/t20-,28+,29?/m1/s1. The van der Waals surface area contributed by atoms with E-state index in [9.17, 15) is 14.7 Å². The number of fused-ring (bicyclic) bond motifs is 1. The summed E-state index contributed by atoms with van der Waals surface area (Å²) in [4.78, 5) is 32.5. The van der Waals surface area contributed by atoms with Gasteiger partial charge < -0.3 is 14.6 Å². The van der Waals surface area contributed by atoms with Gasteiger partial charge in [-0.3, -0.25) is 9.79 Å². The average Bonchev–Trinajstić information content (AvgIpc) is 2.91. The highest BCUT2D eigenvalue weighted by atomic mass is 79.9. The van der Waals surface area contributed by atoms with Gasteiger partial charge in [-0.05, 0) is 91.1 Å². The predicted molar refractivity (Wildman–Crippen MR) is 150 cm³/mol. The summed E-state index contributed by atoms with van der Waals surface area (Å²) < 4.78 is 12.2. The molecule has 38 heavy (non-hydrogen) atoms. The molecule has 5 rings (SSSR count). The second kappa shape index (κ2) is 11.4. The Kier molecular flexibility index (Phi) is 8.03. The second-order valence-corrected chi connectivity index (χ2v) is 11.3. The third-order valence-electron chi connectivity index (χ3n) is 7.98. The summed E-state index contributed by atoms with van der Waals surface area (Å²) in [5.41, 5.74) is 3.65. The maximum atomic E-state index is 13.9. The van der Waals surface area contributed by atoms with Crippen LogP contribution in [0.3, 0.4) is 0 Å². The van der Waals surface area contributed by atoms with Crippen molar-refractivity contribution in [3.8, 4) is 11.5 Å². The maximum absolute atomic E-state index is 13.9. The number of ether oxygens (including phenoxy) is 2. The van der Waals surface area contributed by atoms with Crippen LogP contribution in [-0.4, -0.2) is 35.3 Å². The smallest absolute Gasteiger partial charge is 0.336 e. The van der Waals surface area contributed by atoms with Crippen molar-refractivity contribution in [2.45, 2.75) is 76.7 Å². The number of nitrogens with zero attached hydrogens (tertiary/aromatic N) is 1. The summed E-state index contributed by atoms with van der Waals surface area (Å²) >= 11 is 3.45. The fourth-order valence-electron chi connectivity index (χ4n) is 6.20. The van der Waals surface area contributed by atoms with Crippen molar-refractivity contribution in [2.24, 2.45) is 10.9 Å². The SMILES string of the molecule is CCOc1cc([C@H]2C(C(=O)OC3CCCCC3)=C(C)N=C3C[C@@H](c4ccccc4)CC(=O)C32)cc(Br)c1O. The zero-order valence-electron chi connectivity index (χ0n) is 21.9. The number of phenols is 1. The Morgan fingerprint density at radius 2 is 1.79 bits per heavy atom. The number of phenolic OH excluding ortho intramolecular Hbond substituents is 1. The van der Waals surface area contributed by atoms with Crippen molar-refractivity contribution < 1.29 is 24.2 Å². The van der Waals surface area contributed by atoms with Crippen LogP contribution in [0.15, 0.2) is 63.2 Å². The third kappa shape index (κ3) is 5.31. The van der Waals surface area contributed by atoms with Crippen LogP contribution in [0.4, 0.5) is 0 Å². The van der Waals surface area contributed by atoms with Gasteiger partial charge in [0.25, 0.3) is 0 Å². The predicted octanol–water partition coefficient (Wildman–Crippen LogP) is 7.00. The first-order chi connectivity index (χ1) is 18.4. The normalized spacial score (nSPS) is 24.0. The number of Topliss-reactive ketones (excluding diaryl/α,β-unsaturated/α-hetero) is 1. The van der Waals surface area contributed by atoms with Gasteiger partial charge in [0, 0.05) is 23.7 Å².